The number of halogens is 1. The topological polar surface area (TPSA) is 190 Å². The van der Waals surface area contributed by atoms with Crippen molar-refractivity contribution in [1.29, 1.82) is 0 Å². The standard InChI is InChI=1S/C43H78ClN7O9/c1-40(2,3)57-36(53)47-34(48-37(54)58-41(4,5)6)45-27-21-17-13-15-19-23-29-50(33(44)52)30-24-20-16-14-18-22-28-46-35(49-38(55)59-42(7,8)9)51(31-32-25-26-32)39(56)60-43(10,11)12/h32H,13-31H2,1-12H3,(H,46,49,55)(H2,45,47,48,53,54). The quantitative estimate of drug-likeness (QED) is 0.0264. The molecule has 1 aliphatic rings. The van der Waals surface area contributed by atoms with Crippen molar-refractivity contribution in [3.05, 3.63) is 0 Å². The molecule has 0 spiro atoms. The van der Waals surface area contributed by atoms with Gasteiger partial charge in [-0.25, -0.2) is 24.1 Å². The zero-order valence-corrected chi connectivity index (χ0v) is 39.6. The molecule has 0 unspecified atom stereocenters. The number of rotatable bonds is 20. The van der Waals surface area contributed by atoms with Crippen LogP contribution in [0.1, 0.15) is 173 Å². The molecule has 60 heavy (non-hydrogen) atoms. The van der Waals surface area contributed by atoms with E-state index >= 15 is 0 Å². The Labute approximate surface area is 365 Å². The monoisotopic (exact) mass is 872 g/mol. The Bertz CT molecular complexity index is 1410. The van der Waals surface area contributed by atoms with E-state index in [4.69, 9.17) is 30.5 Å². The number of hydrogen-bond acceptors (Lipinski definition) is 9. The number of unbranched alkanes of at least 4 members (excludes halogenated alkanes) is 10. The molecule has 0 aliphatic heterocycles. The van der Waals surface area contributed by atoms with E-state index in [1.54, 1.807) is 88.0 Å². The summed E-state index contributed by atoms with van der Waals surface area (Å²) in [5.41, 5.74) is -2.87. The molecule has 0 aromatic rings. The number of aliphatic imine (C=N–C) groups is 2. The number of alkyl carbamates (subject to hydrolysis) is 1. The maximum absolute atomic E-state index is 13.2. The Morgan fingerprint density at radius 3 is 1.42 bits per heavy atom. The van der Waals surface area contributed by atoms with E-state index in [9.17, 15) is 24.0 Å². The van der Waals surface area contributed by atoms with Crippen molar-refractivity contribution in [3.8, 4) is 0 Å². The van der Waals surface area contributed by atoms with Crippen LogP contribution in [0, 0.1) is 5.92 Å². The predicted octanol–water partition coefficient (Wildman–Crippen LogP) is 10.3. The van der Waals surface area contributed by atoms with Crippen LogP contribution in [0.3, 0.4) is 0 Å². The van der Waals surface area contributed by atoms with E-state index in [0.29, 0.717) is 38.6 Å². The normalized spacial score (nSPS) is 13.9. The van der Waals surface area contributed by atoms with Gasteiger partial charge >= 0.3 is 29.7 Å². The molecule has 346 valence electrons. The molecular weight excluding hydrogens is 794 g/mol. The molecule has 0 atom stereocenters. The summed E-state index contributed by atoms with van der Waals surface area (Å²) < 4.78 is 21.6. The van der Waals surface area contributed by atoms with Crippen LogP contribution in [-0.2, 0) is 18.9 Å². The van der Waals surface area contributed by atoms with Gasteiger partial charge < -0.3 is 34.5 Å². The number of guanidine groups is 2. The van der Waals surface area contributed by atoms with Crippen molar-refractivity contribution in [2.75, 3.05) is 32.7 Å². The highest BCUT2D eigenvalue weighted by molar-refractivity contribution is 6.62. The molecule has 1 saturated carbocycles. The smallest absolute Gasteiger partial charge is 0.437 e. The average Bonchev–Trinajstić information content (AvgIpc) is 3.88. The molecule has 0 aromatic carbocycles. The van der Waals surface area contributed by atoms with Gasteiger partial charge in [-0.1, -0.05) is 51.4 Å². The first kappa shape index (κ1) is 54.2. The molecule has 1 fully saturated rings. The highest BCUT2D eigenvalue weighted by Gasteiger charge is 2.33. The first-order valence-electron chi connectivity index (χ1n) is 21.8. The van der Waals surface area contributed by atoms with E-state index in [2.05, 4.69) is 25.9 Å². The van der Waals surface area contributed by atoms with E-state index in [-0.39, 0.29) is 11.9 Å². The van der Waals surface area contributed by atoms with Crippen LogP contribution in [-0.4, -0.2) is 107 Å². The largest absolute Gasteiger partial charge is 0.444 e. The van der Waals surface area contributed by atoms with Crippen LogP contribution in [0.15, 0.2) is 9.98 Å². The van der Waals surface area contributed by atoms with Gasteiger partial charge in [0.25, 0.3) is 0 Å². The van der Waals surface area contributed by atoms with Crippen LogP contribution >= 0.6 is 11.6 Å². The lowest BCUT2D eigenvalue weighted by Crippen LogP contribution is -2.48. The van der Waals surface area contributed by atoms with E-state index in [1.807, 2.05) is 0 Å². The minimum Gasteiger partial charge on any atom is -0.444 e. The molecule has 3 N–H and O–H groups in total. The minimum atomic E-state index is -0.819. The Morgan fingerprint density at radius 1 is 0.567 bits per heavy atom. The Hall–Kier alpha value is -3.82. The summed E-state index contributed by atoms with van der Waals surface area (Å²) in [4.78, 5) is 73.6. The van der Waals surface area contributed by atoms with Crippen molar-refractivity contribution < 1.29 is 42.9 Å². The average molecular weight is 873 g/mol. The molecule has 1 rings (SSSR count). The number of nitrogens with one attached hydrogen (secondary N) is 3. The van der Waals surface area contributed by atoms with Crippen molar-refractivity contribution in [3.63, 3.8) is 0 Å². The van der Waals surface area contributed by atoms with Crippen LogP contribution < -0.4 is 16.0 Å². The Morgan fingerprint density at radius 2 is 0.983 bits per heavy atom. The summed E-state index contributed by atoms with van der Waals surface area (Å²) in [6, 6.07) is 0. The maximum Gasteiger partial charge on any atom is 0.437 e. The second kappa shape index (κ2) is 26.5. The molecule has 16 nitrogen and oxygen atoms in total. The fraction of sp³-hybridized carbons (Fsp3) is 0.837. The maximum atomic E-state index is 13.2. The van der Waals surface area contributed by atoms with Crippen molar-refractivity contribution in [2.45, 2.75) is 195 Å². The van der Waals surface area contributed by atoms with E-state index in [1.165, 1.54) is 4.90 Å². The molecule has 0 bridgehead atoms. The summed E-state index contributed by atoms with van der Waals surface area (Å²) in [6.45, 7) is 23.8. The van der Waals surface area contributed by atoms with E-state index in [0.717, 1.165) is 89.9 Å². The van der Waals surface area contributed by atoms with Gasteiger partial charge in [0.15, 0.2) is 0 Å². The molecule has 0 heterocycles. The Balaban J connectivity index is 2.41. The number of carbonyl (C=O) groups is 5. The van der Waals surface area contributed by atoms with Crippen molar-refractivity contribution in [2.24, 2.45) is 15.9 Å². The van der Waals surface area contributed by atoms with Gasteiger partial charge in [-0.2, -0.15) is 0 Å². The lowest BCUT2D eigenvalue weighted by atomic mass is 10.1. The van der Waals surface area contributed by atoms with E-state index < -0.39 is 52.1 Å². The van der Waals surface area contributed by atoms with Crippen LogP contribution in [0.4, 0.5) is 24.0 Å². The molecule has 0 saturated heterocycles. The number of hydrogen-bond donors (Lipinski definition) is 3. The summed E-state index contributed by atoms with van der Waals surface area (Å²) in [5.74, 6) is 0.466. The minimum absolute atomic E-state index is 0.0249. The van der Waals surface area contributed by atoms with Crippen LogP contribution in [0.5, 0.6) is 0 Å². The van der Waals surface area contributed by atoms with Gasteiger partial charge in [-0.15, -0.1) is 9.98 Å². The summed E-state index contributed by atoms with van der Waals surface area (Å²) in [6.07, 6.45) is 10.3. The number of ether oxygens (including phenoxy) is 4. The fourth-order valence-corrected chi connectivity index (χ4v) is 5.71. The predicted molar refractivity (Wildman–Crippen MR) is 237 cm³/mol. The van der Waals surface area contributed by atoms with Gasteiger partial charge in [0, 0.05) is 32.7 Å². The Kier molecular flexibility index (Phi) is 23.9. The lowest BCUT2D eigenvalue weighted by Gasteiger charge is -2.28. The first-order valence-corrected chi connectivity index (χ1v) is 22.2. The second-order valence-corrected chi connectivity index (χ2v) is 19.7. The highest BCUT2D eigenvalue weighted by atomic mass is 35.5. The number of nitrogens with zero attached hydrogens (tertiary/aromatic N) is 4. The third kappa shape index (κ3) is 30.2. The summed E-state index contributed by atoms with van der Waals surface area (Å²) in [5, 5.41) is 8.27. The van der Waals surface area contributed by atoms with Crippen LogP contribution in [0.2, 0.25) is 0 Å². The zero-order chi connectivity index (χ0) is 45.6. The third-order valence-electron chi connectivity index (χ3n) is 8.35. The molecule has 1 aliphatic carbocycles. The zero-order valence-electron chi connectivity index (χ0n) is 38.9. The SMILES string of the molecule is CC(C)(C)OC(=O)/N=C(/NCCCCCCCCN(CCCCCCCCN/C(=N\C(=O)OC(C)(C)C)N(CC1CC1)C(=O)OC(C)(C)C)C(=O)Cl)NC(=O)OC(C)(C)C. The van der Waals surface area contributed by atoms with Gasteiger partial charge in [0.2, 0.25) is 11.9 Å². The van der Waals surface area contributed by atoms with Crippen molar-refractivity contribution in [1.82, 2.24) is 25.8 Å². The fourth-order valence-electron chi connectivity index (χ4n) is 5.54. The molecule has 5 amide bonds. The molecule has 0 radical (unpaired) electrons. The van der Waals surface area contributed by atoms with Gasteiger partial charge in [0.05, 0.1) is 0 Å². The van der Waals surface area contributed by atoms with Gasteiger partial charge in [-0.3, -0.25) is 10.1 Å². The number of amides is 5. The third-order valence-corrected chi connectivity index (χ3v) is 8.59. The molecular formula is C43H78ClN7O9. The number of carbonyl (C=O) groups excluding carboxylic acids is 5. The highest BCUT2D eigenvalue weighted by Crippen LogP contribution is 2.30. The van der Waals surface area contributed by atoms with Crippen LogP contribution in [0.25, 0.3) is 0 Å². The molecule has 0 aromatic heterocycles. The summed E-state index contributed by atoms with van der Waals surface area (Å²) >= 11 is 5.91. The van der Waals surface area contributed by atoms with Crippen molar-refractivity contribution >= 4 is 53.3 Å². The first-order chi connectivity index (χ1) is 27.7. The summed E-state index contributed by atoms with van der Waals surface area (Å²) in [7, 11) is 0. The van der Waals surface area contributed by atoms with Gasteiger partial charge in [0.1, 0.15) is 22.4 Å². The lowest BCUT2D eigenvalue weighted by molar-refractivity contribution is 0.0355. The second-order valence-electron chi connectivity index (χ2n) is 19.4. The molecule has 17 heteroatoms. The van der Waals surface area contributed by atoms with Gasteiger partial charge in [-0.05, 0) is 139 Å².